The number of thiocarbonyl (C=S) groups is 1. The van der Waals surface area contributed by atoms with Crippen LogP contribution in [0, 0.1) is 13.8 Å². The highest BCUT2D eigenvalue weighted by molar-refractivity contribution is 7.89. The Kier molecular flexibility index (Phi) is 6.79. The minimum atomic E-state index is -3.47. The zero-order valence-electron chi connectivity index (χ0n) is 15.3. The summed E-state index contributed by atoms with van der Waals surface area (Å²) in [6.07, 6.45) is 0. The number of nitrogens with zero attached hydrogens (tertiary/aromatic N) is 2. The predicted molar refractivity (Wildman–Crippen MR) is 103 cm³/mol. The Hall–Kier alpha value is -1.22. The number of ether oxygens (including phenoxy) is 1. The molecule has 1 aliphatic heterocycles. The van der Waals surface area contributed by atoms with Crippen LogP contribution < -0.4 is 5.32 Å². The summed E-state index contributed by atoms with van der Waals surface area (Å²) in [4.78, 5) is 2.41. The number of rotatable bonds is 5. The Morgan fingerprint density at radius 3 is 2.52 bits per heavy atom. The van der Waals surface area contributed by atoms with Gasteiger partial charge in [-0.1, -0.05) is 12.1 Å². The standard InChI is InChI=1S/C17H27N3O3S2/c1-13-5-6-14(2)16(11-13)25(21,22)20-9-7-19(8-10-20)17(24)18-15(3)12-23-4/h5-6,11,15H,7-10,12H2,1-4H3,(H,18,24). The number of nitrogens with one attached hydrogen (secondary N) is 1. The Labute approximate surface area is 156 Å². The van der Waals surface area contributed by atoms with Gasteiger partial charge in [-0.25, -0.2) is 8.42 Å². The third kappa shape index (κ3) is 4.91. The number of methoxy groups -OCH3 is 1. The lowest BCUT2D eigenvalue weighted by atomic mass is 10.2. The second-order valence-corrected chi connectivity index (χ2v) is 8.76. The number of hydrogen-bond acceptors (Lipinski definition) is 4. The van der Waals surface area contributed by atoms with E-state index in [-0.39, 0.29) is 6.04 Å². The van der Waals surface area contributed by atoms with Gasteiger partial charge in [0.25, 0.3) is 0 Å². The number of hydrogen-bond donors (Lipinski definition) is 1. The van der Waals surface area contributed by atoms with Gasteiger partial charge in [0.1, 0.15) is 0 Å². The minimum absolute atomic E-state index is 0.120. The molecule has 0 aliphatic carbocycles. The summed E-state index contributed by atoms with van der Waals surface area (Å²) in [5.41, 5.74) is 1.72. The van der Waals surface area contributed by atoms with Crippen LogP contribution in [0.3, 0.4) is 0 Å². The number of benzene rings is 1. The van der Waals surface area contributed by atoms with E-state index < -0.39 is 10.0 Å². The normalized spacial score (nSPS) is 17.4. The van der Waals surface area contributed by atoms with Crippen LogP contribution in [0.15, 0.2) is 23.1 Å². The second kappa shape index (κ2) is 8.44. The molecular formula is C17H27N3O3S2. The summed E-state index contributed by atoms with van der Waals surface area (Å²) in [7, 11) is -1.82. The molecule has 1 N–H and O–H groups in total. The highest BCUT2D eigenvalue weighted by atomic mass is 32.2. The van der Waals surface area contributed by atoms with Gasteiger partial charge in [0.15, 0.2) is 5.11 Å². The molecule has 1 aliphatic rings. The van der Waals surface area contributed by atoms with E-state index in [9.17, 15) is 8.42 Å². The van der Waals surface area contributed by atoms with Gasteiger partial charge in [-0.15, -0.1) is 0 Å². The monoisotopic (exact) mass is 385 g/mol. The van der Waals surface area contributed by atoms with Crippen molar-refractivity contribution in [1.82, 2.24) is 14.5 Å². The SMILES string of the molecule is COCC(C)NC(=S)N1CCN(S(=O)(=O)c2cc(C)ccc2C)CC1. The Morgan fingerprint density at radius 1 is 1.28 bits per heavy atom. The van der Waals surface area contributed by atoms with Crippen molar-refractivity contribution in [1.29, 1.82) is 0 Å². The molecule has 1 aromatic rings. The lowest BCUT2D eigenvalue weighted by Crippen LogP contribution is -2.54. The quantitative estimate of drug-likeness (QED) is 0.776. The van der Waals surface area contributed by atoms with Crippen molar-refractivity contribution in [3.05, 3.63) is 29.3 Å². The highest BCUT2D eigenvalue weighted by Gasteiger charge is 2.30. The van der Waals surface area contributed by atoms with E-state index in [1.165, 1.54) is 0 Å². The molecule has 1 aromatic carbocycles. The van der Waals surface area contributed by atoms with E-state index in [4.69, 9.17) is 17.0 Å². The molecule has 1 atom stereocenters. The zero-order valence-corrected chi connectivity index (χ0v) is 16.9. The first kappa shape index (κ1) is 20.1. The summed E-state index contributed by atoms with van der Waals surface area (Å²) >= 11 is 5.42. The Bertz CT molecular complexity index is 714. The van der Waals surface area contributed by atoms with E-state index in [0.717, 1.165) is 11.1 Å². The van der Waals surface area contributed by atoms with Crippen molar-refractivity contribution in [3.8, 4) is 0 Å². The van der Waals surface area contributed by atoms with E-state index in [1.807, 2.05) is 37.8 Å². The molecule has 0 aromatic heterocycles. The van der Waals surface area contributed by atoms with Crippen molar-refractivity contribution >= 4 is 27.4 Å². The molecule has 0 bridgehead atoms. The van der Waals surface area contributed by atoms with Crippen LogP contribution in [0.25, 0.3) is 0 Å². The molecule has 1 unspecified atom stereocenters. The molecule has 140 valence electrons. The first-order valence-corrected chi connectivity index (χ1v) is 10.2. The average molecular weight is 386 g/mol. The van der Waals surface area contributed by atoms with Crippen LogP contribution >= 0.6 is 12.2 Å². The molecular weight excluding hydrogens is 358 g/mol. The van der Waals surface area contributed by atoms with Crippen LogP contribution in [0.2, 0.25) is 0 Å². The molecule has 0 radical (unpaired) electrons. The smallest absolute Gasteiger partial charge is 0.243 e. The molecule has 0 amide bonds. The van der Waals surface area contributed by atoms with E-state index in [2.05, 4.69) is 5.32 Å². The lowest BCUT2D eigenvalue weighted by Gasteiger charge is -2.36. The van der Waals surface area contributed by atoms with Crippen molar-refractivity contribution in [2.24, 2.45) is 0 Å². The summed E-state index contributed by atoms with van der Waals surface area (Å²) in [5.74, 6) is 0. The van der Waals surface area contributed by atoms with Crippen molar-refractivity contribution in [2.75, 3.05) is 39.9 Å². The maximum atomic E-state index is 12.9. The average Bonchev–Trinajstić information content (AvgIpc) is 2.57. The van der Waals surface area contributed by atoms with Gasteiger partial charge >= 0.3 is 0 Å². The van der Waals surface area contributed by atoms with Gasteiger partial charge < -0.3 is 15.0 Å². The third-order valence-corrected chi connectivity index (χ3v) is 6.69. The van der Waals surface area contributed by atoms with Crippen molar-refractivity contribution < 1.29 is 13.2 Å². The maximum absolute atomic E-state index is 12.9. The summed E-state index contributed by atoms with van der Waals surface area (Å²) in [6, 6.07) is 5.65. The van der Waals surface area contributed by atoms with Crippen LogP contribution in [-0.2, 0) is 14.8 Å². The number of piperazine rings is 1. The summed E-state index contributed by atoms with van der Waals surface area (Å²) in [5, 5.41) is 3.86. The van der Waals surface area contributed by atoms with E-state index in [0.29, 0.717) is 42.8 Å². The van der Waals surface area contributed by atoms with E-state index >= 15 is 0 Å². The second-order valence-electron chi connectivity index (χ2n) is 6.47. The van der Waals surface area contributed by atoms with Crippen LogP contribution in [0.5, 0.6) is 0 Å². The summed E-state index contributed by atoms with van der Waals surface area (Å²) < 4.78 is 32.5. The molecule has 1 fully saturated rings. The Morgan fingerprint density at radius 2 is 1.92 bits per heavy atom. The zero-order chi connectivity index (χ0) is 18.6. The van der Waals surface area contributed by atoms with Gasteiger partial charge in [0.2, 0.25) is 10.0 Å². The Balaban J connectivity index is 2.01. The summed E-state index contributed by atoms with van der Waals surface area (Å²) in [6.45, 7) is 8.32. The largest absolute Gasteiger partial charge is 0.383 e. The van der Waals surface area contributed by atoms with Gasteiger partial charge in [-0.2, -0.15) is 4.31 Å². The minimum Gasteiger partial charge on any atom is -0.383 e. The lowest BCUT2D eigenvalue weighted by molar-refractivity contribution is 0.176. The number of sulfonamides is 1. The molecule has 1 saturated heterocycles. The predicted octanol–water partition coefficient (Wildman–Crippen LogP) is 1.52. The van der Waals surface area contributed by atoms with Crippen molar-refractivity contribution in [3.63, 3.8) is 0 Å². The highest BCUT2D eigenvalue weighted by Crippen LogP contribution is 2.22. The van der Waals surface area contributed by atoms with Crippen molar-refractivity contribution in [2.45, 2.75) is 31.7 Å². The fourth-order valence-corrected chi connectivity index (χ4v) is 4.97. The first-order chi connectivity index (χ1) is 11.8. The molecule has 0 saturated carbocycles. The first-order valence-electron chi connectivity index (χ1n) is 8.37. The third-order valence-electron chi connectivity index (χ3n) is 4.27. The van der Waals surface area contributed by atoms with E-state index in [1.54, 1.807) is 17.5 Å². The number of aryl methyl sites for hydroxylation is 2. The molecule has 8 heteroatoms. The maximum Gasteiger partial charge on any atom is 0.243 e. The molecule has 1 heterocycles. The topological polar surface area (TPSA) is 61.9 Å². The van der Waals surface area contributed by atoms with Gasteiger partial charge in [0.05, 0.1) is 11.5 Å². The van der Waals surface area contributed by atoms with Crippen LogP contribution in [0.1, 0.15) is 18.1 Å². The van der Waals surface area contributed by atoms with Crippen LogP contribution in [-0.4, -0.2) is 68.7 Å². The van der Waals surface area contributed by atoms with Gasteiger partial charge in [-0.3, -0.25) is 0 Å². The van der Waals surface area contributed by atoms with Crippen LogP contribution in [0.4, 0.5) is 0 Å². The molecule has 0 spiro atoms. The fraction of sp³-hybridized carbons (Fsp3) is 0.588. The molecule has 2 rings (SSSR count). The van der Waals surface area contributed by atoms with Gasteiger partial charge in [-0.05, 0) is 50.2 Å². The molecule has 25 heavy (non-hydrogen) atoms. The van der Waals surface area contributed by atoms with Gasteiger partial charge in [0, 0.05) is 39.3 Å². The fourth-order valence-electron chi connectivity index (χ4n) is 2.85. The molecule has 6 nitrogen and oxygen atoms in total.